The van der Waals surface area contributed by atoms with E-state index < -0.39 is 0 Å². The number of likely N-dealkylation sites (tertiary alicyclic amines) is 1. The Hall–Kier alpha value is -1.29. The van der Waals surface area contributed by atoms with E-state index in [9.17, 15) is 4.79 Å². The van der Waals surface area contributed by atoms with E-state index >= 15 is 0 Å². The fourth-order valence-electron chi connectivity index (χ4n) is 2.20. The second-order valence-corrected chi connectivity index (χ2v) is 4.22. The van der Waals surface area contributed by atoms with Gasteiger partial charge < -0.3 is 15.1 Å². The number of nitrogens with zero attached hydrogens (tertiary/aromatic N) is 1. The second-order valence-electron chi connectivity index (χ2n) is 4.22. The minimum atomic E-state index is -0.161. The van der Waals surface area contributed by atoms with Crippen LogP contribution in [0.2, 0.25) is 0 Å². The van der Waals surface area contributed by atoms with Crippen molar-refractivity contribution in [1.29, 1.82) is 0 Å². The third kappa shape index (κ3) is 1.65. The van der Waals surface area contributed by atoms with Crippen molar-refractivity contribution >= 4 is 5.91 Å². The van der Waals surface area contributed by atoms with Crippen molar-refractivity contribution in [3.8, 4) is 0 Å². The Morgan fingerprint density at radius 2 is 2.33 bits per heavy atom. The van der Waals surface area contributed by atoms with Crippen LogP contribution in [-0.4, -0.2) is 22.9 Å². The topological polar surface area (TPSA) is 59.5 Å². The summed E-state index contributed by atoms with van der Waals surface area (Å²) in [5.41, 5.74) is 5.97. The van der Waals surface area contributed by atoms with Crippen molar-refractivity contribution in [1.82, 2.24) is 4.90 Å². The Labute approximate surface area is 89.0 Å². The minimum absolute atomic E-state index is 0.104. The van der Waals surface area contributed by atoms with E-state index in [2.05, 4.69) is 0 Å². The van der Waals surface area contributed by atoms with E-state index in [1.54, 1.807) is 6.26 Å². The first kappa shape index (κ1) is 10.2. The maximum atomic E-state index is 11.7. The number of carbonyl (C=O) groups excluding carboxylic acids is 1. The lowest BCUT2D eigenvalue weighted by atomic mass is 10.1. The predicted molar refractivity (Wildman–Crippen MR) is 56.0 cm³/mol. The molecule has 1 amide bonds. The van der Waals surface area contributed by atoms with Crippen molar-refractivity contribution in [2.45, 2.75) is 38.4 Å². The molecule has 0 saturated carbocycles. The number of carbonyl (C=O) groups is 1. The van der Waals surface area contributed by atoms with Gasteiger partial charge in [0.1, 0.15) is 11.8 Å². The zero-order valence-electron chi connectivity index (χ0n) is 9.01. The maximum absolute atomic E-state index is 11.7. The molecular weight excluding hydrogens is 192 g/mol. The van der Waals surface area contributed by atoms with Crippen LogP contribution in [0.25, 0.3) is 0 Å². The van der Waals surface area contributed by atoms with Gasteiger partial charge in [0, 0.05) is 18.5 Å². The molecular formula is C11H16N2O2. The fourth-order valence-corrected chi connectivity index (χ4v) is 2.20. The van der Waals surface area contributed by atoms with Crippen molar-refractivity contribution in [3.05, 3.63) is 24.2 Å². The number of amides is 1. The van der Waals surface area contributed by atoms with E-state index in [4.69, 9.17) is 10.2 Å². The van der Waals surface area contributed by atoms with Gasteiger partial charge in [0.05, 0.1) is 6.26 Å². The average Bonchev–Trinajstić information content (AvgIpc) is 2.71. The quantitative estimate of drug-likeness (QED) is 0.796. The third-order valence-corrected chi connectivity index (χ3v) is 2.79. The van der Waals surface area contributed by atoms with Gasteiger partial charge in [-0.2, -0.15) is 0 Å². The summed E-state index contributed by atoms with van der Waals surface area (Å²) in [6.45, 7) is 3.98. The van der Waals surface area contributed by atoms with E-state index in [1.165, 1.54) is 0 Å². The smallest absolute Gasteiger partial charge is 0.225 e. The standard InChI is InChI=1S/C11H16N2O2/c1-7(2)13-10(14)6-8(12)11(13)9-4-3-5-15-9/h3-5,7-8,11H,6,12H2,1-2H3. The van der Waals surface area contributed by atoms with Crippen LogP contribution in [0, 0.1) is 0 Å². The molecule has 1 aromatic rings. The molecule has 1 fully saturated rings. The molecule has 82 valence electrons. The zero-order chi connectivity index (χ0) is 11.0. The van der Waals surface area contributed by atoms with Crippen LogP contribution in [0.5, 0.6) is 0 Å². The normalized spacial score (nSPS) is 26.7. The number of nitrogens with two attached hydrogens (primary N) is 1. The largest absolute Gasteiger partial charge is 0.467 e. The number of rotatable bonds is 2. The number of furan rings is 1. The molecule has 0 aromatic carbocycles. The van der Waals surface area contributed by atoms with Crippen LogP contribution in [0.15, 0.2) is 22.8 Å². The molecule has 2 heterocycles. The Morgan fingerprint density at radius 3 is 2.87 bits per heavy atom. The van der Waals surface area contributed by atoms with Gasteiger partial charge in [0.2, 0.25) is 5.91 Å². The number of hydrogen-bond donors (Lipinski definition) is 1. The summed E-state index contributed by atoms with van der Waals surface area (Å²) in [7, 11) is 0. The monoisotopic (exact) mass is 208 g/mol. The summed E-state index contributed by atoms with van der Waals surface area (Å²) in [6, 6.07) is 3.58. The summed E-state index contributed by atoms with van der Waals surface area (Å²) >= 11 is 0. The molecule has 1 saturated heterocycles. The highest BCUT2D eigenvalue weighted by Crippen LogP contribution is 2.33. The SMILES string of the molecule is CC(C)N1C(=O)CC(N)C1c1ccco1. The van der Waals surface area contributed by atoms with Crippen LogP contribution in [0.1, 0.15) is 32.1 Å². The Kier molecular flexibility index (Phi) is 2.52. The Balaban J connectivity index is 2.32. The van der Waals surface area contributed by atoms with Gasteiger partial charge in [0.25, 0.3) is 0 Å². The van der Waals surface area contributed by atoms with Gasteiger partial charge in [-0.3, -0.25) is 4.79 Å². The highest BCUT2D eigenvalue weighted by atomic mass is 16.3. The summed E-state index contributed by atoms with van der Waals surface area (Å²) < 4.78 is 5.34. The summed E-state index contributed by atoms with van der Waals surface area (Å²) in [6.07, 6.45) is 2.02. The molecule has 2 atom stereocenters. The Bertz CT molecular complexity index is 345. The number of hydrogen-bond acceptors (Lipinski definition) is 3. The van der Waals surface area contributed by atoms with Gasteiger partial charge in [0.15, 0.2) is 0 Å². The van der Waals surface area contributed by atoms with Crippen LogP contribution in [0.3, 0.4) is 0 Å². The van der Waals surface area contributed by atoms with Crippen molar-refractivity contribution in [2.75, 3.05) is 0 Å². The molecule has 1 aliphatic rings. The first-order valence-corrected chi connectivity index (χ1v) is 5.21. The van der Waals surface area contributed by atoms with Crippen LogP contribution < -0.4 is 5.73 Å². The summed E-state index contributed by atoms with van der Waals surface area (Å²) in [4.78, 5) is 13.5. The average molecular weight is 208 g/mol. The molecule has 1 aromatic heterocycles. The van der Waals surface area contributed by atoms with Crippen LogP contribution in [-0.2, 0) is 4.79 Å². The van der Waals surface area contributed by atoms with Crippen LogP contribution in [0.4, 0.5) is 0 Å². The van der Waals surface area contributed by atoms with Crippen molar-refractivity contribution in [2.24, 2.45) is 5.73 Å². The van der Waals surface area contributed by atoms with E-state index in [-0.39, 0.29) is 24.0 Å². The maximum Gasteiger partial charge on any atom is 0.225 e. The molecule has 2 unspecified atom stereocenters. The van der Waals surface area contributed by atoms with E-state index in [0.29, 0.717) is 6.42 Å². The highest BCUT2D eigenvalue weighted by Gasteiger charge is 2.41. The molecule has 15 heavy (non-hydrogen) atoms. The van der Waals surface area contributed by atoms with Gasteiger partial charge in [-0.25, -0.2) is 0 Å². The fraction of sp³-hybridized carbons (Fsp3) is 0.545. The predicted octanol–water partition coefficient (Wildman–Crippen LogP) is 1.29. The molecule has 0 spiro atoms. The van der Waals surface area contributed by atoms with Crippen LogP contribution >= 0.6 is 0 Å². The van der Waals surface area contributed by atoms with Crippen molar-refractivity contribution in [3.63, 3.8) is 0 Å². The lowest BCUT2D eigenvalue weighted by Crippen LogP contribution is -2.37. The molecule has 0 radical (unpaired) electrons. The van der Waals surface area contributed by atoms with Gasteiger partial charge in [-0.1, -0.05) is 0 Å². The zero-order valence-corrected chi connectivity index (χ0v) is 9.01. The minimum Gasteiger partial charge on any atom is -0.467 e. The summed E-state index contributed by atoms with van der Waals surface area (Å²) in [5, 5.41) is 0. The first-order chi connectivity index (χ1) is 7.11. The Morgan fingerprint density at radius 1 is 1.60 bits per heavy atom. The molecule has 0 bridgehead atoms. The molecule has 2 N–H and O–H groups in total. The molecule has 4 heteroatoms. The molecule has 0 aliphatic carbocycles. The lowest BCUT2D eigenvalue weighted by molar-refractivity contribution is -0.130. The molecule has 2 rings (SSSR count). The van der Waals surface area contributed by atoms with Gasteiger partial charge in [-0.05, 0) is 26.0 Å². The summed E-state index contributed by atoms with van der Waals surface area (Å²) in [5.74, 6) is 0.890. The highest BCUT2D eigenvalue weighted by molar-refractivity contribution is 5.80. The van der Waals surface area contributed by atoms with Crippen molar-refractivity contribution < 1.29 is 9.21 Å². The molecule has 1 aliphatic heterocycles. The first-order valence-electron chi connectivity index (χ1n) is 5.21. The van der Waals surface area contributed by atoms with Gasteiger partial charge in [-0.15, -0.1) is 0 Å². The van der Waals surface area contributed by atoms with E-state index in [1.807, 2.05) is 30.9 Å². The third-order valence-electron chi connectivity index (χ3n) is 2.79. The second kappa shape index (κ2) is 3.70. The van der Waals surface area contributed by atoms with Gasteiger partial charge >= 0.3 is 0 Å². The molecule has 4 nitrogen and oxygen atoms in total. The van der Waals surface area contributed by atoms with E-state index in [0.717, 1.165) is 5.76 Å². The lowest BCUT2D eigenvalue weighted by Gasteiger charge is -2.28.